The van der Waals surface area contributed by atoms with Crippen molar-refractivity contribution in [1.82, 2.24) is 0 Å². The van der Waals surface area contributed by atoms with Crippen molar-refractivity contribution in [2.75, 3.05) is 0 Å². The van der Waals surface area contributed by atoms with E-state index in [0.717, 1.165) is 0 Å². The fraction of sp³-hybridized carbons (Fsp3) is 1.00. The van der Waals surface area contributed by atoms with E-state index < -0.39 is 0 Å². The molecule has 0 atom stereocenters. The molecule has 0 heterocycles. The summed E-state index contributed by atoms with van der Waals surface area (Å²) in [5.41, 5.74) is 0. The van der Waals surface area contributed by atoms with E-state index in [1.54, 1.807) is 0 Å². The first-order chi connectivity index (χ1) is 4.00. The summed E-state index contributed by atoms with van der Waals surface area (Å²) in [6, 6.07) is 0. The van der Waals surface area contributed by atoms with Gasteiger partial charge in [0, 0.05) is 41.1 Å². The van der Waals surface area contributed by atoms with Crippen LogP contribution in [0.15, 0.2) is 0 Å². The van der Waals surface area contributed by atoms with Gasteiger partial charge in [-0.1, -0.05) is 70.2 Å². The molecule has 0 aromatic carbocycles. The molecule has 0 nitrogen and oxygen atoms in total. The van der Waals surface area contributed by atoms with Gasteiger partial charge in [0.1, 0.15) is 0 Å². The third-order valence-electron chi connectivity index (χ3n) is 0. The van der Waals surface area contributed by atoms with Crippen molar-refractivity contribution in [3.63, 3.8) is 0 Å². The molecule has 0 bridgehead atoms. The Labute approximate surface area is 111 Å². The Kier molecular flexibility index (Phi) is 6760. The second kappa shape index (κ2) is 1110. The summed E-state index contributed by atoms with van der Waals surface area (Å²) < 4.78 is 0. The molecule has 0 amide bonds. The van der Waals surface area contributed by atoms with Gasteiger partial charge in [0.2, 0.25) is 0 Å². The topological polar surface area (TPSA) is 0 Å². The van der Waals surface area contributed by atoms with Crippen molar-refractivity contribution in [3.05, 3.63) is 0 Å². The van der Waals surface area contributed by atoms with Crippen LogP contribution in [0.2, 0.25) is 0 Å². The Morgan fingerprint density at radius 3 is 0.417 bits per heavy atom. The summed E-state index contributed by atoms with van der Waals surface area (Å²) in [7, 11) is 0. The molecule has 0 aliphatic carbocycles. The summed E-state index contributed by atoms with van der Waals surface area (Å²) >= 11 is 0. The van der Waals surface area contributed by atoms with Gasteiger partial charge in [-0.15, -0.1) is 0 Å². The van der Waals surface area contributed by atoms with E-state index in [1.165, 1.54) is 0 Å². The molecule has 0 fully saturated rings. The fourth-order valence-corrected chi connectivity index (χ4v) is 0. The van der Waals surface area contributed by atoms with E-state index in [2.05, 4.69) is 0 Å². The van der Waals surface area contributed by atoms with Crippen molar-refractivity contribution in [2.24, 2.45) is 0 Å². The predicted molar refractivity (Wildman–Crippen MR) is 64.6 cm³/mol. The molecule has 0 aromatic rings. The quantitative estimate of drug-likeness (QED) is 0.532. The van der Waals surface area contributed by atoms with Gasteiger partial charge < -0.3 is 0 Å². The Morgan fingerprint density at radius 1 is 0.417 bits per heavy atom. The van der Waals surface area contributed by atoms with E-state index in [1.807, 2.05) is 55.4 Å². The number of rotatable bonds is 0. The maximum absolute atomic E-state index is 2.00. The molecule has 0 N–H and O–H groups in total. The first kappa shape index (κ1) is 73.0. The molecule has 0 rings (SSSR count). The molecule has 0 saturated carbocycles. The first-order valence-electron chi connectivity index (χ1n) is 4.00. The standard InChI is InChI=1S/4C2H6.2CH4.B.Y/c4*1-2;;;;/h4*1-2H3;2*1H4;;. The van der Waals surface area contributed by atoms with Crippen LogP contribution < -0.4 is 0 Å². The Morgan fingerprint density at radius 2 is 0.417 bits per heavy atom. The average Bonchev–Trinajstić information content (AvgIpc) is 2.03. The van der Waals surface area contributed by atoms with Gasteiger partial charge >= 0.3 is 0 Å². The van der Waals surface area contributed by atoms with Crippen molar-refractivity contribution >= 4 is 8.41 Å². The monoisotopic (exact) mass is 252 g/mol. The zero-order valence-corrected chi connectivity index (χ0v) is 12.0. The Hall–Kier alpha value is 1.17. The molecule has 0 aliphatic rings. The van der Waals surface area contributed by atoms with Gasteiger partial charge in [-0.2, -0.15) is 0 Å². The zero-order chi connectivity index (χ0) is 8.00. The molecule has 0 unspecified atom stereocenters. The Bertz CT molecular complexity index is 9.80. The smallest absolute Gasteiger partial charge is 0 e. The van der Waals surface area contributed by atoms with Crippen LogP contribution in [-0.4, -0.2) is 8.41 Å². The largest absolute Gasteiger partial charge is 0.0776 e. The Balaban J connectivity index is -0.00000000267. The van der Waals surface area contributed by atoms with Gasteiger partial charge in [0.05, 0.1) is 0 Å². The normalized spacial score (nSPS) is 2.00. The van der Waals surface area contributed by atoms with Gasteiger partial charge in [0.15, 0.2) is 0 Å². The molecule has 0 spiro atoms. The molecule has 4 radical (unpaired) electrons. The number of hydrogen-bond acceptors (Lipinski definition) is 0. The minimum atomic E-state index is 0. The van der Waals surface area contributed by atoms with E-state index in [9.17, 15) is 0 Å². The second-order valence-electron chi connectivity index (χ2n) is 0. The molecule has 0 aliphatic heterocycles. The molecule has 2 heteroatoms. The van der Waals surface area contributed by atoms with Gasteiger partial charge in [-0.05, 0) is 0 Å². The summed E-state index contributed by atoms with van der Waals surface area (Å²) in [5.74, 6) is 0. The SMILES string of the molecule is C.C.CC.CC.CC.CC.[B].[Y]. The number of hydrogen-bond donors (Lipinski definition) is 0. The van der Waals surface area contributed by atoms with Crippen LogP contribution >= 0.6 is 0 Å². The van der Waals surface area contributed by atoms with Crippen LogP contribution in [0, 0.1) is 0 Å². The third kappa shape index (κ3) is 845. The van der Waals surface area contributed by atoms with Crippen molar-refractivity contribution in [1.29, 1.82) is 0 Å². The van der Waals surface area contributed by atoms with Crippen LogP contribution in [0.5, 0.6) is 0 Å². The van der Waals surface area contributed by atoms with Crippen molar-refractivity contribution in [3.8, 4) is 0 Å². The molecule has 12 heavy (non-hydrogen) atoms. The molecular weight excluding hydrogens is 220 g/mol. The average molecular weight is 252 g/mol. The van der Waals surface area contributed by atoms with Gasteiger partial charge in [-0.25, -0.2) is 0 Å². The summed E-state index contributed by atoms with van der Waals surface area (Å²) in [6.07, 6.45) is 0. The fourth-order valence-electron chi connectivity index (χ4n) is 0. The summed E-state index contributed by atoms with van der Waals surface area (Å²) in [5, 5.41) is 0. The minimum Gasteiger partial charge on any atom is -0.0776 e. The molecule has 0 aromatic heterocycles. The van der Waals surface area contributed by atoms with Crippen LogP contribution in [0.25, 0.3) is 0 Å². The van der Waals surface area contributed by atoms with Crippen LogP contribution in [0.1, 0.15) is 70.2 Å². The van der Waals surface area contributed by atoms with E-state index in [0.29, 0.717) is 0 Å². The summed E-state index contributed by atoms with van der Waals surface area (Å²) in [4.78, 5) is 0. The molecular formula is C10H32BY. The van der Waals surface area contributed by atoms with Crippen LogP contribution in [0.3, 0.4) is 0 Å². The third-order valence-corrected chi connectivity index (χ3v) is 0. The minimum absolute atomic E-state index is 0. The molecule has 78 valence electrons. The second-order valence-corrected chi connectivity index (χ2v) is 0. The predicted octanol–water partition coefficient (Wildman–Crippen LogP) is 4.99. The first-order valence-corrected chi connectivity index (χ1v) is 4.00. The zero-order valence-electron chi connectivity index (χ0n) is 9.15. The maximum atomic E-state index is 2.00. The summed E-state index contributed by atoms with van der Waals surface area (Å²) in [6.45, 7) is 16.0. The van der Waals surface area contributed by atoms with E-state index in [-0.39, 0.29) is 56.0 Å². The van der Waals surface area contributed by atoms with Crippen LogP contribution in [0.4, 0.5) is 0 Å². The van der Waals surface area contributed by atoms with Gasteiger partial charge in [0.25, 0.3) is 0 Å². The van der Waals surface area contributed by atoms with Crippen molar-refractivity contribution in [2.45, 2.75) is 70.2 Å². The molecule has 0 saturated heterocycles. The van der Waals surface area contributed by atoms with Crippen molar-refractivity contribution < 1.29 is 32.7 Å². The maximum Gasteiger partial charge on any atom is 0 e. The van der Waals surface area contributed by atoms with Crippen LogP contribution in [-0.2, 0) is 32.7 Å². The van der Waals surface area contributed by atoms with Gasteiger partial charge in [-0.3, -0.25) is 0 Å². The van der Waals surface area contributed by atoms with E-state index in [4.69, 9.17) is 0 Å². The van der Waals surface area contributed by atoms with E-state index >= 15 is 0 Å².